The van der Waals surface area contributed by atoms with Crippen molar-refractivity contribution in [1.29, 1.82) is 0 Å². The first kappa shape index (κ1) is 11.9. The van der Waals surface area contributed by atoms with Gasteiger partial charge in [0, 0.05) is 6.07 Å². The Hall–Kier alpha value is -2.13. The number of benzene rings is 2. The minimum absolute atomic E-state index is 0.785. The van der Waals surface area contributed by atoms with Gasteiger partial charge in [0.2, 0.25) is 0 Å². The van der Waals surface area contributed by atoms with Crippen LogP contribution in [0.2, 0.25) is 0 Å². The Kier molecular flexibility index (Phi) is 3.05. The second-order valence-corrected chi connectivity index (χ2v) is 4.91. The molecule has 0 radical (unpaired) electrons. The summed E-state index contributed by atoms with van der Waals surface area (Å²) < 4.78 is 2.74. The lowest BCUT2D eigenvalue weighted by atomic mass is 10.2. The third-order valence-electron chi connectivity index (χ3n) is 3.16. The molecule has 1 aromatic heterocycles. The molecule has 3 aromatic rings. The predicted octanol–water partition coefficient (Wildman–Crippen LogP) is 4.51. The highest BCUT2D eigenvalue weighted by Crippen LogP contribution is 2.20. The number of aryl methyl sites for hydroxylation is 1. The molecule has 1 N–H and O–H groups in total. The predicted molar refractivity (Wildman–Crippen MR) is 81.1 cm³/mol. The fourth-order valence-corrected chi connectivity index (χ4v) is 2.42. The molecule has 0 bridgehead atoms. The third-order valence-corrected chi connectivity index (χ3v) is 3.46. The Morgan fingerprint density at radius 1 is 0.947 bits per heavy atom. The van der Waals surface area contributed by atoms with E-state index in [4.69, 9.17) is 12.2 Å². The number of para-hydroxylation sites is 1. The summed E-state index contributed by atoms with van der Waals surface area (Å²) in [6.07, 6.45) is 0. The number of H-pyrrole nitrogens is 1. The first-order valence-corrected chi connectivity index (χ1v) is 6.60. The molecule has 3 heteroatoms. The first-order chi connectivity index (χ1) is 9.25. The van der Waals surface area contributed by atoms with Gasteiger partial charge in [-0.25, -0.2) is 4.68 Å². The van der Waals surface area contributed by atoms with Gasteiger partial charge in [-0.05, 0) is 24.1 Å². The first-order valence-electron chi connectivity index (χ1n) is 6.19. The molecule has 0 aliphatic carbocycles. The molecule has 0 atom stereocenters. The molecule has 1 heterocycles. The zero-order valence-electron chi connectivity index (χ0n) is 10.6. The van der Waals surface area contributed by atoms with Crippen LogP contribution in [0, 0.1) is 11.6 Å². The summed E-state index contributed by atoms with van der Waals surface area (Å²) in [5.74, 6) is 0. The van der Waals surface area contributed by atoms with Crippen LogP contribution >= 0.6 is 12.2 Å². The summed E-state index contributed by atoms with van der Waals surface area (Å²) in [7, 11) is 0. The zero-order chi connectivity index (χ0) is 13.2. The Morgan fingerprint density at radius 3 is 2.37 bits per heavy atom. The van der Waals surface area contributed by atoms with Crippen LogP contribution in [0.1, 0.15) is 5.56 Å². The van der Waals surface area contributed by atoms with Crippen molar-refractivity contribution in [3.8, 4) is 16.9 Å². The second-order valence-electron chi connectivity index (χ2n) is 4.50. The van der Waals surface area contributed by atoms with Crippen LogP contribution in [0.5, 0.6) is 0 Å². The molecule has 2 nitrogen and oxygen atoms in total. The largest absolute Gasteiger partial charge is 0.292 e. The van der Waals surface area contributed by atoms with E-state index in [0.717, 1.165) is 21.6 Å². The quantitative estimate of drug-likeness (QED) is 0.677. The summed E-state index contributed by atoms with van der Waals surface area (Å²) in [4.78, 5) is 0. The summed E-state index contributed by atoms with van der Waals surface area (Å²) in [6, 6.07) is 20.4. The van der Waals surface area contributed by atoms with Gasteiger partial charge < -0.3 is 0 Å². The maximum Gasteiger partial charge on any atom is 0.128 e. The molecular weight excluding hydrogens is 252 g/mol. The van der Waals surface area contributed by atoms with Crippen LogP contribution in [0.15, 0.2) is 60.7 Å². The van der Waals surface area contributed by atoms with Gasteiger partial charge in [-0.2, -0.15) is 0 Å². The number of hydrogen-bond acceptors (Lipinski definition) is 1. The summed E-state index contributed by atoms with van der Waals surface area (Å²) in [5, 5.41) is 3.37. The van der Waals surface area contributed by atoms with Crippen LogP contribution in [-0.4, -0.2) is 9.78 Å². The lowest BCUT2D eigenvalue weighted by Crippen LogP contribution is -1.98. The van der Waals surface area contributed by atoms with Crippen molar-refractivity contribution in [2.45, 2.75) is 6.92 Å². The molecule has 0 aliphatic rings. The summed E-state index contributed by atoms with van der Waals surface area (Å²) in [5.41, 5.74) is 4.46. The summed E-state index contributed by atoms with van der Waals surface area (Å²) >= 11 is 5.45. The molecule has 0 spiro atoms. The molecule has 0 aliphatic heterocycles. The molecule has 94 valence electrons. The fourth-order valence-electron chi connectivity index (χ4n) is 2.15. The van der Waals surface area contributed by atoms with Gasteiger partial charge in [0.15, 0.2) is 0 Å². The molecule has 19 heavy (non-hydrogen) atoms. The van der Waals surface area contributed by atoms with Crippen molar-refractivity contribution in [3.05, 3.63) is 70.9 Å². The molecule has 0 amide bonds. The average Bonchev–Trinajstić information content (AvgIpc) is 2.82. The van der Waals surface area contributed by atoms with Crippen LogP contribution in [0.25, 0.3) is 16.9 Å². The normalized spacial score (nSPS) is 10.6. The molecule has 0 unspecified atom stereocenters. The fraction of sp³-hybridized carbons (Fsp3) is 0.0625. The van der Waals surface area contributed by atoms with Gasteiger partial charge in [0.25, 0.3) is 0 Å². The van der Waals surface area contributed by atoms with Crippen molar-refractivity contribution >= 4 is 12.2 Å². The number of hydrogen-bond donors (Lipinski definition) is 1. The van der Waals surface area contributed by atoms with Gasteiger partial charge in [0.1, 0.15) is 4.64 Å². The minimum atomic E-state index is 0.785. The van der Waals surface area contributed by atoms with E-state index in [0.29, 0.717) is 0 Å². The van der Waals surface area contributed by atoms with Gasteiger partial charge in [-0.1, -0.05) is 60.7 Å². The van der Waals surface area contributed by atoms with Crippen molar-refractivity contribution in [1.82, 2.24) is 9.78 Å². The van der Waals surface area contributed by atoms with E-state index in [9.17, 15) is 0 Å². The number of rotatable bonds is 2. The Morgan fingerprint density at radius 2 is 1.63 bits per heavy atom. The minimum Gasteiger partial charge on any atom is -0.292 e. The van der Waals surface area contributed by atoms with Gasteiger partial charge in [-0.15, -0.1) is 0 Å². The molecule has 3 rings (SSSR count). The van der Waals surface area contributed by atoms with Crippen LogP contribution in [0.4, 0.5) is 0 Å². The van der Waals surface area contributed by atoms with E-state index >= 15 is 0 Å². The van der Waals surface area contributed by atoms with E-state index in [2.05, 4.69) is 36.3 Å². The van der Waals surface area contributed by atoms with Crippen LogP contribution in [0.3, 0.4) is 0 Å². The molecular formula is C16H14N2S. The highest BCUT2D eigenvalue weighted by molar-refractivity contribution is 7.71. The highest BCUT2D eigenvalue weighted by atomic mass is 32.1. The lowest BCUT2D eigenvalue weighted by molar-refractivity contribution is 0.865. The number of aromatic amines is 1. The number of nitrogens with zero attached hydrogens (tertiary/aromatic N) is 1. The molecule has 0 saturated heterocycles. The van der Waals surface area contributed by atoms with Crippen molar-refractivity contribution in [3.63, 3.8) is 0 Å². The smallest absolute Gasteiger partial charge is 0.128 e. The van der Waals surface area contributed by atoms with Crippen molar-refractivity contribution in [2.24, 2.45) is 0 Å². The van der Waals surface area contributed by atoms with Gasteiger partial charge >= 0.3 is 0 Å². The Labute approximate surface area is 117 Å². The van der Waals surface area contributed by atoms with Gasteiger partial charge in [-0.3, -0.25) is 5.10 Å². The standard InChI is InChI=1S/C16H14N2S/c1-12-7-5-6-10-15(12)18-16(19)11-14(17-18)13-8-3-2-4-9-13/h2-11,17H,1H3. The van der Waals surface area contributed by atoms with E-state index < -0.39 is 0 Å². The second kappa shape index (κ2) is 4.86. The lowest BCUT2D eigenvalue weighted by Gasteiger charge is -2.06. The Balaban J connectivity index is 2.14. The average molecular weight is 266 g/mol. The van der Waals surface area contributed by atoms with E-state index in [1.54, 1.807) is 0 Å². The van der Waals surface area contributed by atoms with Crippen molar-refractivity contribution < 1.29 is 0 Å². The number of nitrogens with one attached hydrogen (secondary N) is 1. The SMILES string of the molecule is Cc1ccccc1-n1[nH]c(-c2ccccc2)cc1=S. The molecule has 0 saturated carbocycles. The maximum absolute atomic E-state index is 5.45. The van der Waals surface area contributed by atoms with Crippen LogP contribution < -0.4 is 0 Å². The van der Waals surface area contributed by atoms with Crippen LogP contribution in [-0.2, 0) is 0 Å². The van der Waals surface area contributed by atoms with E-state index in [-0.39, 0.29) is 0 Å². The third kappa shape index (κ3) is 2.25. The van der Waals surface area contributed by atoms with Gasteiger partial charge in [0.05, 0.1) is 11.4 Å². The topological polar surface area (TPSA) is 20.7 Å². The monoisotopic (exact) mass is 266 g/mol. The molecule has 2 aromatic carbocycles. The zero-order valence-corrected chi connectivity index (χ0v) is 11.4. The van der Waals surface area contributed by atoms with E-state index in [1.165, 1.54) is 5.56 Å². The number of aromatic nitrogens is 2. The van der Waals surface area contributed by atoms with E-state index in [1.807, 2.05) is 41.1 Å². The van der Waals surface area contributed by atoms with Crippen molar-refractivity contribution in [2.75, 3.05) is 0 Å². The summed E-state index contributed by atoms with van der Waals surface area (Å²) in [6.45, 7) is 2.08. The maximum atomic E-state index is 5.45. The molecule has 0 fully saturated rings. The highest BCUT2D eigenvalue weighted by Gasteiger charge is 2.05. The Bertz CT molecular complexity index is 754.